The van der Waals surface area contributed by atoms with Gasteiger partial charge in [0.15, 0.2) is 0 Å². The van der Waals surface area contributed by atoms with Gasteiger partial charge in [0.25, 0.3) is 0 Å². The summed E-state index contributed by atoms with van der Waals surface area (Å²) in [6, 6.07) is 1.26. The Hall–Kier alpha value is -2.02. The zero-order valence-electron chi connectivity index (χ0n) is 10.4. The lowest BCUT2D eigenvalue weighted by Crippen LogP contribution is -2.23. The van der Waals surface area contributed by atoms with E-state index in [1.165, 1.54) is 19.3 Å². The Morgan fingerprint density at radius 3 is 2.30 bits per heavy atom. The summed E-state index contributed by atoms with van der Waals surface area (Å²) >= 11 is 0. The van der Waals surface area contributed by atoms with Crippen LogP contribution in [0.1, 0.15) is 22.7 Å². The van der Waals surface area contributed by atoms with Crippen LogP contribution in [0.25, 0.3) is 0 Å². The Morgan fingerprint density at radius 1 is 1.05 bits per heavy atom. The number of nitrogens with zero attached hydrogens (tertiary/aromatic N) is 2. The van der Waals surface area contributed by atoms with Gasteiger partial charge in [-0.3, -0.25) is 9.97 Å². The fourth-order valence-electron chi connectivity index (χ4n) is 1.99. The maximum Gasteiger partial charge on any atom is 0.416 e. The number of pyridine rings is 2. The van der Waals surface area contributed by atoms with Gasteiger partial charge in [0.1, 0.15) is 5.82 Å². The highest BCUT2D eigenvalue weighted by molar-refractivity contribution is 5.36. The topological polar surface area (TPSA) is 37.8 Å². The van der Waals surface area contributed by atoms with E-state index in [1.54, 1.807) is 0 Å². The Bertz CT molecular complexity index is 598. The SMILES string of the molecule is CNC(c1ccncc1F)c1cnccc1C(F)(F)F. The van der Waals surface area contributed by atoms with Crippen LogP contribution in [0.4, 0.5) is 17.6 Å². The smallest absolute Gasteiger partial charge is 0.309 e. The normalized spacial score (nSPS) is 13.2. The van der Waals surface area contributed by atoms with E-state index in [0.717, 1.165) is 24.7 Å². The Labute approximate surface area is 112 Å². The van der Waals surface area contributed by atoms with Gasteiger partial charge in [-0.05, 0) is 19.2 Å². The predicted molar refractivity (Wildman–Crippen MR) is 64.3 cm³/mol. The summed E-state index contributed by atoms with van der Waals surface area (Å²) in [4.78, 5) is 7.29. The molecular formula is C13H11F4N3. The minimum atomic E-state index is -4.53. The van der Waals surface area contributed by atoms with Gasteiger partial charge in [-0.15, -0.1) is 0 Å². The van der Waals surface area contributed by atoms with Crippen molar-refractivity contribution >= 4 is 0 Å². The number of aromatic nitrogens is 2. The maximum atomic E-state index is 13.7. The first kappa shape index (κ1) is 14.4. The van der Waals surface area contributed by atoms with Crippen LogP contribution in [0.2, 0.25) is 0 Å². The van der Waals surface area contributed by atoms with Gasteiger partial charge in [0.2, 0.25) is 0 Å². The summed E-state index contributed by atoms with van der Waals surface area (Å²) in [6.45, 7) is 0. The van der Waals surface area contributed by atoms with Crippen molar-refractivity contribution in [3.8, 4) is 0 Å². The van der Waals surface area contributed by atoms with Crippen molar-refractivity contribution in [3.05, 3.63) is 59.4 Å². The van der Waals surface area contributed by atoms with Crippen molar-refractivity contribution in [1.82, 2.24) is 15.3 Å². The van der Waals surface area contributed by atoms with Gasteiger partial charge in [0.05, 0.1) is 17.8 Å². The molecule has 2 heterocycles. The molecule has 0 spiro atoms. The fraction of sp³-hybridized carbons (Fsp3) is 0.231. The molecule has 0 aliphatic carbocycles. The fourth-order valence-corrected chi connectivity index (χ4v) is 1.99. The minimum absolute atomic E-state index is 0.0843. The molecule has 7 heteroatoms. The molecule has 20 heavy (non-hydrogen) atoms. The van der Waals surface area contributed by atoms with Gasteiger partial charge in [-0.25, -0.2) is 4.39 Å². The van der Waals surface area contributed by atoms with E-state index in [2.05, 4.69) is 15.3 Å². The van der Waals surface area contributed by atoms with Crippen LogP contribution in [0.5, 0.6) is 0 Å². The average Bonchev–Trinajstić information content (AvgIpc) is 2.41. The standard InChI is InChI=1S/C13H11F4N3/c1-18-12(8-2-4-20-7-11(8)14)9-6-19-5-3-10(9)13(15,16)17/h2-7,12,18H,1H3. The molecule has 2 aromatic heterocycles. The predicted octanol–water partition coefficient (Wildman–Crippen LogP) is 2.94. The second kappa shape index (κ2) is 5.54. The molecule has 0 aromatic carbocycles. The average molecular weight is 285 g/mol. The van der Waals surface area contributed by atoms with Crippen LogP contribution < -0.4 is 5.32 Å². The summed E-state index contributed by atoms with van der Waals surface area (Å²) in [5, 5.41) is 2.68. The van der Waals surface area contributed by atoms with E-state index in [1.807, 2.05) is 0 Å². The molecular weight excluding hydrogens is 274 g/mol. The lowest BCUT2D eigenvalue weighted by atomic mass is 9.96. The molecule has 3 nitrogen and oxygen atoms in total. The quantitative estimate of drug-likeness (QED) is 0.881. The first-order valence-corrected chi connectivity index (χ1v) is 5.73. The third-order valence-corrected chi connectivity index (χ3v) is 2.87. The van der Waals surface area contributed by atoms with Gasteiger partial charge in [-0.2, -0.15) is 13.2 Å². The number of hydrogen-bond acceptors (Lipinski definition) is 3. The molecule has 0 aliphatic heterocycles. The minimum Gasteiger partial charge on any atom is -0.309 e. The Morgan fingerprint density at radius 2 is 1.70 bits per heavy atom. The summed E-state index contributed by atoms with van der Waals surface area (Å²) in [6.07, 6.45) is -0.0988. The number of alkyl halides is 3. The number of rotatable bonds is 3. The van der Waals surface area contributed by atoms with E-state index < -0.39 is 23.6 Å². The second-order valence-corrected chi connectivity index (χ2v) is 4.08. The van der Waals surface area contributed by atoms with Crippen molar-refractivity contribution in [1.29, 1.82) is 0 Å². The number of nitrogens with one attached hydrogen (secondary N) is 1. The largest absolute Gasteiger partial charge is 0.416 e. The molecule has 0 saturated heterocycles. The van der Waals surface area contributed by atoms with E-state index >= 15 is 0 Å². The monoisotopic (exact) mass is 285 g/mol. The van der Waals surface area contributed by atoms with E-state index in [0.29, 0.717) is 0 Å². The van der Waals surface area contributed by atoms with Gasteiger partial charge in [0, 0.05) is 29.7 Å². The molecule has 0 saturated carbocycles. The summed E-state index contributed by atoms with van der Waals surface area (Å²) < 4.78 is 52.7. The summed E-state index contributed by atoms with van der Waals surface area (Å²) in [5.74, 6) is -0.677. The Balaban J connectivity index is 2.57. The van der Waals surface area contributed by atoms with Crippen LogP contribution in [0.3, 0.4) is 0 Å². The molecule has 0 fully saturated rings. The van der Waals surface area contributed by atoms with Crippen molar-refractivity contribution in [3.63, 3.8) is 0 Å². The molecule has 0 amide bonds. The lowest BCUT2D eigenvalue weighted by molar-refractivity contribution is -0.138. The molecule has 0 bridgehead atoms. The molecule has 2 rings (SSSR count). The second-order valence-electron chi connectivity index (χ2n) is 4.08. The third-order valence-electron chi connectivity index (χ3n) is 2.87. The Kier molecular flexibility index (Phi) is 3.99. The molecule has 0 aliphatic rings. The van der Waals surface area contributed by atoms with Crippen molar-refractivity contribution in [2.24, 2.45) is 0 Å². The van der Waals surface area contributed by atoms with Crippen LogP contribution >= 0.6 is 0 Å². The van der Waals surface area contributed by atoms with Crippen LogP contribution in [0, 0.1) is 5.82 Å². The van der Waals surface area contributed by atoms with Gasteiger partial charge < -0.3 is 5.32 Å². The molecule has 1 N–H and O–H groups in total. The highest BCUT2D eigenvalue weighted by atomic mass is 19.4. The number of halogens is 4. The third kappa shape index (κ3) is 2.77. The highest BCUT2D eigenvalue weighted by Crippen LogP contribution is 2.36. The van der Waals surface area contributed by atoms with Crippen LogP contribution in [0.15, 0.2) is 36.9 Å². The van der Waals surface area contributed by atoms with Gasteiger partial charge in [-0.1, -0.05) is 0 Å². The van der Waals surface area contributed by atoms with Gasteiger partial charge >= 0.3 is 6.18 Å². The van der Waals surface area contributed by atoms with Crippen molar-refractivity contribution in [2.75, 3.05) is 7.05 Å². The molecule has 1 atom stereocenters. The first-order chi connectivity index (χ1) is 9.45. The zero-order chi connectivity index (χ0) is 14.8. The highest BCUT2D eigenvalue weighted by Gasteiger charge is 2.35. The summed E-state index contributed by atoms with van der Waals surface area (Å²) in [5.41, 5.74) is -0.892. The van der Waals surface area contributed by atoms with E-state index in [4.69, 9.17) is 0 Å². The van der Waals surface area contributed by atoms with Crippen molar-refractivity contribution in [2.45, 2.75) is 12.2 Å². The van der Waals surface area contributed by atoms with Crippen molar-refractivity contribution < 1.29 is 17.6 Å². The lowest BCUT2D eigenvalue weighted by Gasteiger charge is -2.21. The molecule has 1 unspecified atom stereocenters. The first-order valence-electron chi connectivity index (χ1n) is 5.73. The van der Waals surface area contributed by atoms with E-state index in [-0.39, 0.29) is 11.1 Å². The molecule has 2 aromatic rings. The summed E-state index contributed by atoms with van der Waals surface area (Å²) in [7, 11) is 1.46. The molecule has 106 valence electrons. The van der Waals surface area contributed by atoms with Crippen LogP contribution in [-0.4, -0.2) is 17.0 Å². The number of hydrogen-bond donors (Lipinski definition) is 1. The van der Waals surface area contributed by atoms with E-state index in [9.17, 15) is 17.6 Å². The van der Waals surface area contributed by atoms with Crippen LogP contribution in [-0.2, 0) is 6.18 Å². The maximum absolute atomic E-state index is 13.7. The molecule has 0 radical (unpaired) electrons. The zero-order valence-corrected chi connectivity index (χ0v) is 10.4.